The molecule has 1 fully saturated rings. The van der Waals surface area contributed by atoms with E-state index >= 15 is 0 Å². The van der Waals surface area contributed by atoms with Gasteiger partial charge in [-0.3, -0.25) is 0 Å². The van der Waals surface area contributed by atoms with E-state index in [2.05, 4.69) is 29.8 Å². The van der Waals surface area contributed by atoms with Gasteiger partial charge in [0.25, 0.3) is 0 Å². The van der Waals surface area contributed by atoms with E-state index in [1.165, 1.54) is 18.5 Å². The highest BCUT2D eigenvalue weighted by Gasteiger charge is 2.15. The Morgan fingerprint density at radius 3 is 3.18 bits per heavy atom. The first-order valence-electron chi connectivity index (χ1n) is 6.80. The normalized spacial score (nSPS) is 21.9. The highest BCUT2D eigenvalue weighted by atomic mass is 16.5. The summed E-state index contributed by atoms with van der Waals surface area (Å²) in [5, 5.41) is 0. The van der Waals surface area contributed by atoms with Crippen LogP contribution < -0.4 is 5.73 Å². The molecule has 0 aliphatic carbocycles. The van der Waals surface area contributed by atoms with Gasteiger partial charge in [0.05, 0.1) is 6.10 Å². The summed E-state index contributed by atoms with van der Waals surface area (Å²) < 4.78 is 7.99. The van der Waals surface area contributed by atoms with Crippen LogP contribution >= 0.6 is 0 Å². The van der Waals surface area contributed by atoms with E-state index in [1.54, 1.807) is 0 Å². The molecule has 1 aromatic rings. The summed E-state index contributed by atoms with van der Waals surface area (Å²) >= 11 is 0. The monoisotopic (exact) mass is 236 g/mol. The Morgan fingerprint density at radius 1 is 1.59 bits per heavy atom. The second-order valence-electron chi connectivity index (χ2n) is 4.99. The van der Waals surface area contributed by atoms with Crippen molar-refractivity contribution in [2.45, 2.75) is 57.7 Å². The predicted molar refractivity (Wildman–Crippen MR) is 70.0 cm³/mol. The standard InChI is InChI=1S/C14H24N2O/c1-2-12(15)11-13-5-3-8-16(13)9-7-14-6-4-10-17-14/h3,5,8,12,14H,2,4,6-7,9-11,15H2,1H3. The maximum Gasteiger partial charge on any atom is 0.0593 e. The minimum Gasteiger partial charge on any atom is -0.378 e. The SMILES string of the molecule is CCC(N)Cc1cccn1CCC1CCCO1. The fourth-order valence-corrected chi connectivity index (χ4v) is 2.42. The van der Waals surface area contributed by atoms with Gasteiger partial charge in [0.1, 0.15) is 0 Å². The number of ether oxygens (including phenoxy) is 1. The molecule has 1 aliphatic heterocycles. The maximum absolute atomic E-state index is 6.01. The smallest absolute Gasteiger partial charge is 0.0593 e. The molecule has 3 nitrogen and oxygen atoms in total. The van der Waals surface area contributed by atoms with Gasteiger partial charge >= 0.3 is 0 Å². The first kappa shape index (κ1) is 12.7. The lowest BCUT2D eigenvalue weighted by molar-refractivity contribution is 0.100. The van der Waals surface area contributed by atoms with Gasteiger partial charge in [0.15, 0.2) is 0 Å². The largest absolute Gasteiger partial charge is 0.378 e. The molecule has 0 amide bonds. The Bertz CT molecular complexity index is 329. The molecule has 96 valence electrons. The molecular formula is C14H24N2O. The van der Waals surface area contributed by atoms with Gasteiger partial charge in [0.2, 0.25) is 0 Å². The van der Waals surface area contributed by atoms with Crippen molar-refractivity contribution in [2.24, 2.45) is 5.73 Å². The van der Waals surface area contributed by atoms with Crippen molar-refractivity contribution in [3.63, 3.8) is 0 Å². The molecule has 0 aromatic carbocycles. The highest BCUT2D eigenvalue weighted by molar-refractivity contribution is 5.08. The van der Waals surface area contributed by atoms with E-state index in [0.717, 1.165) is 32.4 Å². The van der Waals surface area contributed by atoms with Crippen molar-refractivity contribution < 1.29 is 4.74 Å². The molecule has 1 aliphatic rings. The van der Waals surface area contributed by atoms with E-state index in [0.29, 0.717) is 6.10 Å². The Balaban J connectivity index is 1.85. The van der Waals surface area contributed by atoms with E-state index < -0.39 is 0 Å². The number of aromatic nitrogens is 1. The average Bonchev–Trinajstić information content (AvgIpc) is 2.97. The van der Waals surface area contributed by atoms with Gasteiger partial charge in [-0.2, -0.15) is 0 Å². The van der Waals surface area contributed by atoms with Crippen LogP contribution in [-0.4, -0.2) is 23.3 Å². The van der Waals surface area contributed by atoms with Crippen molar-refractivity contribution in [1.29, 1.82) is 0 Å². The third kappa shape index (κ3) is 3.58. The van der Waals surface area contributed by atoms with Crippen LogP contribution in [0.5, 0.6) is 0 Å². The first-order valence-corrected chi connectivity index (χ1v) is 6.80. The summed E-state index contributed by atoms with van der Waals surface area (Å²) in [6.45, 7) is 4.15. The summed E-state index contributed by atoms with van der Waals surface area (Å²) in [5.74, 6) is 0. The van der Waals surface area contributed by atoms with E-state index in [-0.39, 0.29) is 6.04 Å². The number of nitrogens with zero attached hydrogens (tertiary/aromatic N) is 1. The van der Waals surface area contributed by atoms with Gasteiger partial charge in [-0.15, -0.1) is 0 Å². The Morgan fingerprint density at radius 2 is 2.47 bits per heavy atom. The van der Waals surface area contributed by atoms with Gasteiger partial charge < -0.3 is 15.0 Å². The summed E-state index contributed by atoms with van der Waals surface area (Å²) in [6, 6.07) is 4.59. The maximum atomic E-state index is 6.01. The molecule has 2 heterocycles. The van der Waals surface area contributed by atoms with Crippen LogP contribution in [0.1, 0.15) is 38.3 Å². The highest BCUT2D eigenvalue weighted by Crippen LogP contribution is 2.17. The molecule has 2 N–H and O–H groups in total. The second-order valence-corrected chi connectivity index (χ2v) is 4.99. The molecule has 2 rings (SSSR count). The molecule has 0 spiro atoms. The van der Waals surface area contributed by atoms with Crippen molar-refractivity contribution in [3.05, 3.63) is 24.0 Å². The first-order chi connectivity index (χ1) is 8.29. The number of rotatable bonds is 6. The van der Waals surface area contributed by atoms with E-state index in [4.69, 9.17) is 10.5 Å². The molecule has 2 atom stereocenters. The zero-order chi connectivity index (χ0) is 12.1. The Kier molecular flexibility index (Phi) is 4.63. The molecular weight excluding hydrogens is 212 g/mol. The lowest BCUT2D eigenvalue weighted by atomic mass is 10.1. The summed E-state index contributed by atoms with van der Waals surface area (Å²) in [5.41, 5.74) is 7.37. The van der Waals surface area contributed by atoms with E-state index in [9.17, 15) is 0 Å². The molecule has 1 saturated heterocycles. The van der Waals surface area contributed by atoms with Crippen LogP contribution in [0.3, 0.4) is 0 Å². The third-order valence-corrected chi connectivity index (χ3v) is 3.64. The molecule has 0 bridgehead atoms. The minimum atomic E-state index is 0.284. The molecule has 17 heavy (non-hydrogen) atoms. The fourth-order valence-electron chi connectivity index (χ4n) is 2.42. The van der Waals surface area contributed by atoms with Crippen molar-refractivity contribution in [1.82, 2.24) is 4.57 Å². The molecule has 1 aromatic heterocycles. The van der Waals surface area contributed by atoms with Crippen molar-refractivity contribution in [3.8, 4) is 0 Å². The van der Waals surface area contributed by atoms with Crippen molar-refractivity contribution in [2.75, 3.05) is 6.61 Å². The second kappa shape index (κ2) is 6.22. The quantitative estimate of drug-likeness (QED) is 0.823. The van der Waals surface area contributed by atoms with Gasteiger partial charge in [-0.1, -0.05) is 6.92 Å². The van der Waals surface area contributed by atoms with Crippen molar-refractivity contribution >= 4 is 0 Å². The van der Waals surface area contributed by atoms with E-state index in [1.807, 2.05) is 0 Å². The summed E-state index contributed by atoms with van der Waals surface area (Å²) in [6.07, 6.45) is 8.24. The molecule has 2 unspecified atom stereocenters. The number of hydrogen-bond donors (Lipinski definition) is 1. The topological polar surface area (TPSA) is 40.2 Å². The minimum absolute atomic E-state index is 0.284. The van der Waals surface area contributed by atoms with Crippen LogP contribution in [0.15, 0.2) is 18.3 Å². The Hall–Kier alpha value is -0.800. The fraction of sp³-hybridized carbons (Fsp3) is 0.714. The zero-order valence-electron chi connectivity index (χ0n) is 10.8. The van der Waals surface area contributed by atoms with Crippen LogP contribution in [0.25, 0.3) is 0 Å². The Labute approximate surface area is 104 Å². The molecule has 3 heteroatoms. The van der Waals surface area contributed by atoms with Crippen LogP contribution in [0.4, 0.5) is 0 Å². The third-order valence-electron chi connectivity index (χ3n) is 3.64. The lowest BCUT2D eigenvalue weighted by Crippen LogP contribution is -2.23. The number of aryl methyl sites for hydroxylation is 1. The van der Waals surface area contributed by atoms with Crippen LogP contribution in [-0.2, 0) is 17.7 Å². The lowest BCUT2D eigenvalue weighted by Gasteiger charge is -2.14. The average molecular weight is 236 g/mol. The zero-order valence-corrected chi connectivity index (χ0v) is 10.8. The van der Waals surface area contributed by atoms with Gasteiger partial charge in [0, 0.05) is 37.5 Å². The van der Waals surface area contributed by atoms with Gasteiger partial charge in [-0.25, -0.2) is 0 Å². The summed E-state index contributed by atoms with van der Waals surface area (Å²) in [7, 11) is 0. The predicted octanol–water partition coefficient (Wildman–Crippen LogP) is 2.34. The molecule has 0 radical (unpaired) electrons. The number of hydrogen-bond acceptors (Lipinski definition) is 2. The molecule has 0 saturated carbocycles. The van der Waals surface area contributed by atoms with Crippen LogP contribution in [0.2, 0.25) is 0 Å². The van der Waals surface area contributed by atoms with Gasteiger partial charge in [-0.05, 0) is 37.8 Å². The number of nitrogens with two attached hydrogens (primary N) is 1. The summed E-state index contributed by atoms with van der Waals surface area (Å²) in [4.78, 5) is 0. The van der Waals surface area contributed by atoms with Crippen LogP contribution in [0, 0.1) is 0 Å².